The summed E-state index contributed by atoms with van der Waals surface area (Å²) in [5.74, 6) is 5.06. The third-order valence-corrected chi connectivity index (χ3v) is 16.4. The molecule has 4 aliphatic carbocycles. The number of rotatable bonds is 4. The summed E-state index contributed by atoms with van der Waals surface area (Å²) in [5, 5.41) is 10.6. The lowest BCUT2D eigenvalue weighted by Crippen LogP contribution is -2.54. The van der Waals surface area contributed by atoms with Gasteiger partial charge >= 0.3 is 0 Å². The predicted octanol–water partition coefficient (Wildman–Crippen LogP) is 7.66. The first kappa shape index (κ1) is 24.3. The van der Waals surface area contributed by atoms with Gasteiger partial charge < -0.3 is 9.53 Å². The zero-order chi connectivity index (χ0) is 22.8. The normalized spacial score (nSPS) is 46.7. The SMILES string of the molecule is C[C@H](CO[Si](C)(C)C(C)(C)C)[C@H]1CC[C@H]2[C@@H]3CC[C@H]4C[C@@H](O)CC[C@]4(C)[C@H]3CC[C@]12C. The quantitative estimate of drug-likeness (QED) is 0.447. The molecule has 0 aromatic heterocycles. The van der Waals surface area contributed by atoms with Crippen molar-refractivity contribution in [2.45, 2.75) is 124 Å². The maximum absolute atomic E-state index is 10.3. The zero-order valence-electron chi connectivity index (χ0n) is 22.0. The van der Waals surface area contributed by atoms with E-state index in [-0.39, 0.29) is 6.10 Å². The monoisotopic (exact) mass is 448 g/mol. The van der Waals surface area contributed by atoms with E-state index in [1.807, 2.05) is 0 Å². The predicted molar refractivity (Wildman–Crippen MR) is 134 cm³/mol. The van der Waals surface area contributed by atoms with Crippen LogP contribution in [0.3, 0.4) is 0 Å². The highest BCUT2D eigenvalue weighted by atomic mass is 28.4. The Morgan fingerprint density at radius 3 is 2.26 bits per heavy atom. The van der Waals surface area contributed by atoms with Gasteiger partial charge in [0.2, 0.25) is 0 Å². The molecule has 31 heavy (non-hydrogen) atoms. The van der Waals surface area contributed by atoms with Crippen molar-refractivity contribution in [1.29, 1.82) is 0 Å². The van der Waals surface area contributed by atoms with Gasteiger partial charge in [0, 0.05) is 6.61 Å². The fourth-order valence-electron chi connectivity index (χ4n) is 8.88. The summed E-state index contributed by atoms with van der Waals surface area (Å²) in [7, 11) is -1.67. The van der Waals surface area contributed by atoms with Crippen molar-refractivity contribution in [2.24, 2.45) is 46.3 Å². The zero-order valence-corrected chi connectivity index (χ0v) is 23.0. The Balaban J connectivity index is 1.46. The second-order valence-electron chi connectivity index (χ2n) is 14.4. The van der Waals surface area contributed by atoms with Gasteiger partial charge in [-0.25, -0.2) is 0 Å². The molecule has 9 atom stereocenters. The number of hydrogen-bond donors (Lipinski definition) is 1. The van der Waals surface area contributed by atoms with E-state index in [1.165, 1.54) is 44.9 Å². The van der Waals surface area contributed by atoms with E-state index >= 15 is 0 Å². The van der Waals surface area contributed by atoms with Crippen molar-refractivity contribution in [3.63, 3.8) is 0 Å². The maximum Gasteiger partial charge on any atom is 0.191 e. The Bertz CT molecular complexity index is 654. The molecule has 1 N–H and O–H groups in total. The van der Waals surface area contributed by atoms with Crippen molar-refractivity contribution >= 4 is 8.32 Å². The molecule has 4 aliphatic rings. The number of fused-ring (bicyclic) bond motifs is 5. The topological polar surface area (TPSA) is 29.5 Å². The molecule has 0 aromatic carbocycles. The molecule has 3 heteroatoms. The highest BCUT2D eigenvalue weighted by Gasteiger charge is 2.60. The van der Waals surface area contributed by atoms with Crippen LogP contribution in [0.5, 0.6) is 0 Å². The largest absolute Gasteiger partial charge is 0.417 e. The van der Waals surface area contributed by atoms with Gasteiger partial charge in [-0.05, 0) is 122 Å². The second-order valence-corrected chi connectivity index (χ2v) is 19.2. The minimum absolute atomic E-state index is 0.0268. The highest BCUT2D eigenvalue weighted by Crippen LogP contribution is 2.68. The summed E-state index contributed by atoms with van der Waals surface area (Å²) in [4.78, 5) is 0. The van der Waals surface area contributed by atoms with E-state index in [0.717, 1.165) is 49.0 Å². The average molecular weight is 449 g/mol. The molecule has 0 bridgehead atoms. The van der Waals surface area contributed by atoms with Crippen molar-refractivity contribution in [3.8, 4) is 0 Å². The number of aliphatic hydroxyl groups excluding tert-OH is 1. The van der Waals surface area contributed by atoms with E-state index in [4.69, 9.17) is 4.43 Å². The lowest BCUT2D eigenvalue weighted by atomic mass is 9.44. The van der Waals surface area contributed by atoms with Crippen LogP contribution in [0.1, 0.15) is 99.3 Å². The molecule has 4 saturated carbocycles. The van der Waals surface area contributed by atoms with Crippen LogP contribution < -0.4 is 0 Å². The van der Waals surface area contributed by atoms with Crippen LogP contribution in [0.25, 0.3) is 0 Å². The summed E-state index contributed by atoms with van der Waals surface area (Å²) in [6, 6.07) is 0. The van der Waals surface area contributed by atoms with Crippen LogP contribution in [-0.4, -0.2) is 26.1 Å². The van der Waals surface area contributed by atoms with E-state index in [1.54, 1.807) is 0 Å². The first-order valence-corrected chi connectivity index (χ1v) is 16.5. The van der Waals surface area contributed by atoms with E-state index in [2.05, 4.69) is 54.6 Å². The third kappa shape index (κ3) is 4.01. The molecule has 0 unspecified atom stereocenters. The molecular weight excluding hydrogens is 396 g/mol. The van der Waals surface area contributed by atoms with Crippen LogP contribution in [0.2, 0.25) is 18.1 Å². The minimum Gasteiger partial charge on any atom is -0.417 e. The summed E-state index contributed by atoms with van der Waals surface area (Å²) in [6.07, 6.45) is 11.9. The molecule has 4 fully saturated rings. The van der Waals surface area contributed by atoms with Gasteiger partial charge in [0.25, 0.3) is 0 Å². The molecule has 4 rings (SSSR count). The molecule has 0 aromatic rings. The Labute approximate surface area is 194 Å². The first-order chi connectivity index (χ1) is 14.3. The highest BCUT2D eigenvalue weighted by molar-refractivity contribution is 6.74. The first-order valence-electron chi connectivity index (χ1n) is 13.6. The lowest BCUT2D eigenvalue weighted by Gasteiger charge is -2.61. The Morgan fingerprint density at radius 2 is 1.58 bits per heavy atom. The fraction of sp³-hybridized carbons (Fsp3) is 1.00. The third-order valence-electron chi connectivity index (χ3n) is 11.9. The van der Waals surface area contributed by atoms with Gasteiger partial charge in [-0.3, -0.25) is 0 Å². The van der Waals surface area contributed by atoms with Gasteiger partial charge in [-0.2, -0.15) is 0 Å². The second kappa shape index (κ2) is 8.12. The lowest BCUT2D eigenvalue weighted by molar-refractivity contribution is -0.129. The van der Waals surface area contributed by atoms with Gasteiger partial charge in [0.05, 0.1) is 6.10 Å². The molecule has 0 radical (unpaired) electrons. The standard InChI is InChI=1S/C28H52O2Si/c1-19(18-30-31(7,8)26(2,3)4)23-11-12-24-22-10-9-20-17-21(29)13-15-27(20,5)25(22)14-16-28(23,24)6/h19-25,29H,9-18H2,1-8H3/t19-,20+,21+,22+,23-,24+,25+,27+,28-/m1/s1. The van der Waals surface area contributed by atoms with Gasteiger partial charge in [-0.15, -0.1) is 0 Å². The molecule has 0 aliphatic heterocycles. The Kier molecular flexibility index (Phi) is 6.36. The smallest absolute Gasteiger partial charge is 0.191 e. The molecule has 0 spiro atoms. The molecule has 0 heterocycles. The average Bonchev–Trinajstić information content (AvgIpc) is 3.03. The molecule has 2 nitrogen and oxygen atoms in total. The van der Waals surface area contributed by atoms with Gasteiger partial charge in [0.1, 0.15) is 0 Å². The van der Waals surface area contributed by atoms with Gasteiger partial charge in [-0.1, -0.05) is 41.5 Å². The van der Waals surface area contributed by atoms with Crippen molar-refractivity contribution in [3.05, 3.63) is 0 Å². The summed E-state index contributed by atoms with van der Waals surface area (Å²) >= 11 is 0. The van der Waals surface area contributed by atoms with Crippen molar-refractivity contribution in [1.82, 2.24) is 0 Å². The van der Waals surface area contributed by atoms with Crippen LogP contribution >= 0.6 is 0 Å². The van der Waals surface area contributed by atoms with Gasteiger partial charge in [0.15, 0.2) is 8.32 Å². The summed E-state index contributed by atoms with van der Waals surface area (Å²) in [5.41, 5.74) is 1.02. The molecule has 0 saturated heterocycles. The molecule has 0 amide bonds. The summed E-state index contributed by atoms with van der Waals surface area (Å²) < 4.78 is 6.71. The maximum atomic E-state index is 10.3. The molecule has 180 valence electrons. The molecular formula is C28H52O2Si. The van der Waals surface area contributed by atoms with E-state index in [9.17, 15) is 5.11 Å². The Hall–Kier alpha value is 0.137. The number of hydrogen-bond acceptors (Lipinski definition) is 2. The van der Waals surface area contributed by atoms with Crippen molar-refractivity contribution in [2.75, 3.05) is 6.61 Å². The van der Waals surface area contributed by atoms with Crippen LogP contribution in [-0.2, 0) is 4.43 Å². The number of aliphatic hydroxyl groups is 1. The van der Waals surface area contributed by atoms with Crippen molar-refractivity contribution < 1.29 is 9.53 Å². The van der Waals surface area contributed by atoms with Crippen LogP contribution in [0, 0.1) is 46.3 Å². The summed E-state index contributed by atoms with van der Waals surface area (Å²) in [6.45, 7) is 20.7. The van der Waals surface area contributed by atoms with E-state index < -0.39 is 8.32 Å². The van der Waals surface area contributed by atoms with E-state index in [0.29, 0.717) is 21.8 Å². The fourth-order valence-corrected chi connectivity index (χ4v) is 10.00. The van der Waals surface area contributed by atoms with Crippen LogP contribution in [0.4, 0.5) is 0 Å². The minimum atomic E-state index is -1.67. The Morgan fingerprint density at radius 1 is 0.935 bits per heavy atom. The van der Waals surface area contributed by atoms with Crippen LogP contribution in [0.15, 0.2) is 0 Å².